The van der Waals surface area contributed by atoms with Gasteiger partial charge in [0.1, 0.15) is 0 Å². The van der Waals surface area contributed by atoms with Gasteiger partial charge in [-0.3, -0.25) is 4.84 Å². The molecule has 0 bridgehead atoms. The molecule has 0 saturated heterocycles. The van der Waals surface area contributed by atoms with Crippen LogP contribution in [0, 0.1) is 6.92 Å². The largest absolute Gasteiger partial charge is 0.394 e. The van der Waals surface area contributed by atoms with Crippen LogP contribution in [-0.4, -0.2) is 24.1 Å². The van der Waals surface area contributed by atoms with Gasteiger partial charge >= 0.3 is 0 Å². The van der Waals surface area contributed by atoms with Crippen LogP contribution in [0.4, 0.5) is 11.5 Å². The molecule has 1 aromatic heterocycles. The molecule has 0 aliphatic carbocycles. The fourth-order valence-corrected chi connectivity index (χ4v) is 1.07. The number of hydrogen-bond donors (Lipinski definition) is 1. The third-order valence-corrected chi connectivity index (χ3v) is 1.83. The summed E-state index contributed by atoms with van der Waals surface area (Å²) in [5.41, 5.74) is 6.83. The summed E-state index contributed by atoms with van der Waals surface area (Å²) in [4.78, 5) is 12.8. The van der Waals surface area contributed by atoms with Crippen molar-refractivity contribution < 1.29 is 4.84 Å². The van der Waals surface area contributed by atoms with Crippen LogP contribution < -0.4 is 10.8 Å². The van der Waals surface area contributed by atoms with Crippen molar-refractivity contribution in [3.05, 3.63) is 11.0 Å². The van der Waals surface area contributed by atoms with Crippen LogP contribution in [0.2, 0.25) is 5.28 Å². The zero-order chi connectivity index (χ0) is 10.0. The highest BCUT2D eigenvalue weighted by Gasteiger charge is 2.11. The molecule has 0 aliphatic heterocycles. The van der Waals surface area contributed by atoms with Crippen LogP contribution in [0.25, 0.3) is 0 Å². The van der Waals surface area contributed by atoms with Crippen LogP contribution in [0.3, 0.4) is 0 Å². The van der Waals surface area contributed by atoms with Crippen molar-refractivity contribution in [2.24, 2.45) is 0 Å². The van der Waals surface area contributed by atoms with Gasteiger partial charge in [0.2, 0.25) is 5.28 Å². The molecule has 0 spiro atoms. The average molecular weight is 203 g/mol. The third kappa shape index (κ3) is 1.99. The summed E-state index contributed by atoms with van der Waals surface area (Å²) in [6, 6.07) is 0. The van der Waals surface area contributed by atoms with E-state index in [9.17, 15) is 0 Å². The first-order valence-corrected chi connectivity index (χ1v) is 4.01. The Hall–Kier alpha value is -1.07. The lowest BCUT2D eigenvalue weighted by Gasteiger charge is -2.17. The summed E-state index contributed by atoms with van der Waals surface area (Å²) in [5, 5.41) is 1.58. The lowest BCUT2D eigenvalue weighted by molar-refractivity contribution is 0.182. The fourth-order valence-electron chi connectivity index (χ4n) is 0.860. The molecule has 13 heavy (non-hydrogen) atoms. The SMILES string of the molecule is CON(C)c1nc(Cl)nc(C)c1N. The smallest absolute Gasteiger partial charge is 0.224 e. The van der Waals surface area contributed by atoms with Gasteiger partial charge in [0.15, 0.2) is 5.82 Å². The van der Waals surface area contributed by atoms with Crippen molar-refractivity contribution >= 4 is 23.1 Å². The van der Waals surface area contributed by atoms with Gasteiger partial charge in [0.05, 0.1) is 18.5 Å². The summed E-state index contributed by atoms with van der Waals surface area (Å²) in [7, 11) is 3.21. The molecule has 72 valence electrons. The van der Waals surface area contributed by atoms with E-state index in [4.69, 9.17) is 22.2 Å². The Morgan fingerprint density at radius 1 is 1.46 bits per heavy atom. The lowest BCUT2D eigenvalue weighted by atomic mass is 10.3. The van der Waals surface area contributed by atoms with Gasteiger partial charge in [-0.05, 0) is 18.5 Å². The monoisotopic (exact) mass is 202 g/mol. The average Bonchev–Trinajstić information content (AvgIpc) is 2.10. The minimum absolute atomic E-state index is 0.158. The first-order valence-electron chi connectivity index (χ1n) is 3.63. The maximum Gasteiger partial charge on any atom is 0.224 e. The molecule has 0 amide bonds. The van der Waals surface area contributed by atoms with Crippen molar-refractivity contribution in [3.8, 4) is 0 Å². The van der Waals surface area contributed by atoms with Crippen LogP contribution in [-0.2, 0) is 4.84 Å². The second-order valence-corrected chi connectivity index (χ2v) is 2.83. The zero-order valence-corrected chi connectivity index (χ0v) is 8.46. The van der Waals surface area contributed by atoms with E-state index in [0.29, 0.717) is 17.2 Å². The van der Waals surface area contributed by atoms with Crippen molar-refractivity contribution in [3.63, 3.8) is 0 Å². The summed E-state index contributed by atoms with van der Waals surface area (Å²) >= 11 is 5.66. The molecular formula is C7H11ClN4O. The molecule has 2 N–H and O–H groups in total. The Bertz CT molecular complexity index is 318. The van der Waals surface area contributed by atoms with E-state index in [2.05, 4.69) is 9.97 Å². The molecule has 5 nitrogen and oxygen atoms in total. The molecule has 0 unspecified atom stereocenters. The number of rotatable bonds is 2. The quantitative estimate of drug-likeness (QED) is 0.573. The Kier molecular flexibility index (Phi) is 2.90. The van der Waals surface area contributed by atoms with E-state index in [1.165, 1.54) is 12.2 Å². The highest BCUT2D eigenvalue weighted by atomic mass is 35.5. The summed E-state index contributed by atoms with van der Waals surface area (Å²) in [6.07, 6.45) is 0. The molecule has 1 aromatic rings. The normalized spacial score (nSPS) is 10.2. The van der Waals surface area contributed by atoms with Gasteiger partial charge in [-0.15, -0.1) is 0 Å². The molecule has 6 heteroatoms. The van der Waals surface area contributed by atoms with Crippen molar-refractivity contribution in [1.29, 1.82) is 0 Å². The van der Waals surface area contributed by atoms with Crippen LogP contribution in [0.1, 0.15) is 5.69 Å². The summed E-state index contributed by atoms with van der Waals surface area (Å²) < 4.78 is 0. The molecule has 0 saturated carbocycles. The molecule has 0 atom stereocenters. The maximum absolute atomic E-state index is 5.72. The van der Waals surface area contributed by atoms with Crippen molar-refractivity contribution in [1.82, 2.24) is 9.97 Å². The number of nitrogens with two attached hydrogens (primary N) is 1. The Morgan fingerprint density at radius 3 is 2.62 bits per heavy atom. The molecule has 1 rings (SSSR count). The van der Waals surface area contributed by atoms with Crippen molar-refractivity contribution in [2.75, 3.05) is 25.0 Å². The van der Waals surface area contributed by atoms with E-state index in [0.717, 1.165) is 0 Å². The van der Waals surface area contributed by atoms with E-state index >= 15 is 0 Å². The second-order valence-electron chi connectivity index (χ2n) is 2.50. The van der Waals surface area contributed by atoms with Gasteiger partial charge in [-0.1, -0.05) is 0 Å². The molecule has 0 fully saturated rings. The van der Waals surface area contributed by atoms with Crippen LogP contribution in [0.5, 0.6) is 0 Å². The van der Waals surface area contributed by atoms with Crippen molar-refractivity contribution in [2.45, 2.75) is 6.92 Å². The Labute approximate surface area is 81.4 Å². The number of anilines is 2. The minimum atomic E-state index is 0.158. The fraction of sp³-hybridized carbons (Fsp3) is 0.429. The predicted octanol–water partition coefficient (Wildman–Crippen LogP) is 1.02. The lowest BCUT2D eigenvalue weighted by Crippen LogP contribution is -2.19. The number of aryl methyl sites for hydroxylation is 1. The van der Waals surface area contributed by atoms with Crippen LogP contribution >= 0.6 is 11.6 Å². The van der Waals surface area contributed by atoms with E-state index in [1.54, 1.807) is 14.0 Å². The number of aromatic nitrogens is 2. The first-order chi connectivity index (χ1) is 6.06. The van der Waals surface area contributed by atoms with Gasteiger partial charge < -0.3 is 5.73 Å². The second kappa shape index (κ2) is 3.76. The summed E-state index contributed by atoms with van der Waals surface area (Å²) in [6.45, 7) is 1.76. The summed E-state index contributed by atoms with van der Waals surface area (Å²) in [5.74, 6) is 0.472. The van der Waals surface area contributed by atoms with Gasteiger partial charge in [-0.2, -0.15) is 4.98 Å². The van der Waals surface area contributed by atoms with Gasteiger partial charge in [-0.25, -0.2) is 10.0 Å². The van der Waals surface area contributed by atoms with Crippen LogP contribution in [0.15, 0.2) is 0 Å². The number of halogens is 1. The molecular weight excluding hydrogens is 192 g/mol. The molecule has 1 heterocycles. The predicted molar refractivity (Wildman–Crippen MR) is 51.6 cm³/mol. The topological polar surface area (TPSA) is 64.3 Å². The third-order valence-electron chi connectivity index (χ3n) is 1.66. The van der Waals surface area contributed by atoms with Gasteiger partial charge in [0.25, 0.3) is 0 Å². The highest BCUT2D eigenvalue weighted by molar-refractivity contribution is 6.28. The molecule has 0 radical (unpaired) electrons. The Balaban J connectivity index is 3.20. The maximum atomic E-state index is 5.72. The number of hydrogen-bond acceptors (Lipinski definition) is 5. The van der Waals surface area contributed by atoms with Gasteiger partial charge in [0, 0.05) is 7.05 Å². The zero-order valence-electron chi connectivity index (χ0n) is 7.71. The first kappa shape index (κ1) is 10.0. The number of hydroxylamine groups is 1. The number of nitrogens with zero attached hydrogens (tertiary/aromatic N) is 3. The van der Waals surface area contributed by atoms with E-state index in [-0.39, 0.29) is 5.28 Å². The standard InChI is InChI=1S/C7H11ClN4O/c1-4-5(9)6(12(2)13-3)11-7(8)10-4/h9H2,1-3H3. The highest BCUT2D eigenvalue weighted by Crippen LogP contribution is 2.23. The van der Waals surface area contributed by atoms with E-state index in [1.807, 2.05) is 0 Å². The molecule has 0 aliphatic rings. The molecule has 0 aromatic carbocycles. The Morgan fingerprint density at radius 2 is 2.08 bits per heavy atom. The minimum Gasteiger partial charge on any atom is -0.394 e. The van der Waals surface area contributed by atoms with E-state index < -0.39 is 0 Å². The number of nitrogen functional groups attached to an aromatic ring is 1.